The van der Waals surface area contributed by atoms with Crippen molar-refractivity contribution in [3.05, 3.63) is 46.5 Å². The van der Waals surface area contributed by atoms with Crippen LogP contribution in [0.4, 0.5) is 4.39 Å². The molecule has 0 unspecified atom stereocenters. The average molecular weight is 528 g/mol. The number of likely N-dealkylation sites (tertiary alicyclic amines) is 1. The van der Waals surface area contributed by atoms with E-state index in [4.69, 9.17) is 9.84 Å². The van der Waals surface area contributed by atoms with E-state index in [0.717, 1.165) is 36.1 Å². The van der Waals surface area contributed by atoms with E-state index >= 15 is 0 Å². The number of fused-ring (bicyclic) bond motifs is 1. The number of halogens is 1. The SMILES string of the molecule is Cc1cc(F)ccc1OC1CCN(C(=O)Cn2nc(C(=O)N3CCN(C(=O)CO)CC3)c3c2CCC3)CC1. The van der Waals surface area contributed by atoms with Gasteiger partial charge >= 0.3 is 0 Å². The minimum Gasteiger partial charge on any atom is -0.490 e. The highest BCUT2D eigenvalue weighted by molar-refractivity contribution is 5.94. The van der Waals surface area contributed by atoms with Gasteiger partial charge in [-0.05, 0) is 49.9 Å². The number of carbonyl (C=O) groups is 3. The first-order valence-corrected chi connectivity index (χ1v) is 13.3. The van der Waals surface area contributed by atoms with Gasteiger partial charge in [-0.25, -0.2) is 4.39 Å². The molecule has 0 radical (unpaired) electrons. The van der Waals surface area contributed by atoms with Crippen LogP contribution in [0.3, 0.4) is 0 Å². The summed E-state index contributed by atoms with van der Waals surface area (Å²) in [7, 11) is 0. The molecule has 3 heterocycles. The van der Waals surface area contributed by atoms with Gasteiger partial charge in [0.15, 0.2) is 5.69 Å². The molecule has 1 aliphatic carbocycles. The van der Waals surface area contributed by atoms with Crippen molar-refractivity contribution >= 4 is 17.7 Å². The van der Waals surface area contributed by atoms with Gasteiger partial charge in [0.2, 0.25) is 11.8 Å². The highest BCUT2D eigenvalue weighted by Crippen LogP contribution is 2.28. The van der Waals surface area contributed by atoms with Gasteiger partial charge in [-0.3, -0.25) is 19.1 Å². The van der Waals surface area contributed by atoms with Gasteiger partial charge in [0.25, 0.3) is 5.91 Å². The number of aromatic nitrogens is 2. The number of hydrogen-bond donors (Lipinski definition) is 1. The summed E-state index contributed by atoms with van der Waals surface area (Å²) in [4.78, 5) is 43.3. The van der Waals surface area contributed by atoms with Gasteiger partial charge in [-0.15, -0.1) is 0 Å². The molecule has 0 bridgehead atoms. The van der Waals surface area contributed by atoms with Crippen LogP contribution in [-0.4, -0.2) is 99.3 Å². The largest absolute Gasteiger partial charge is 0.490 e. The summed E-state index contributed by atoms with van der Waals surface area (Å²) in [6.45, 7) is 4.05. The fourth-order valence-electron chi connectivity index (χ4n) is 5.60. The van der Waals surface area contributed by atoms with Crippen molar-refractivity contribution in [3.63, 3.8) is 0 Å². The summed E-state index contributed by atoms with van der Waals surface area (Å²) < 4.78 is 21.1. The summed E-state index contributed by atoms with van der Waals surface area (Å²) >= 11 is 0. The number of benzene rings is 1. The van der Waals surface area contributed by atoms with E-state index in [1.54, 1.807) is 20.5 Å². The van der Waals surface area contributed by atoms with Gasteiger partial charge in [-0.1, -0.05) is 0 Å². The Morgan fingerprint density at radius 2 is 1.68 bits per heavy atom. The molecule has 2 aliphatic heterocycles. The molecule has 204 valence electrons. The standard InChI is InChI=1S/C27H34FN5O5/c1-18-15-19(28)5-6-23(18)38-20-7-9-30(10-8-20)24(35)16-33-22-4-2-3-21(22)26(29-33)27(37)32-13-11-31(12-14-32)25(36)17-34/h5-6,15,20,34H,2-4,7-14,16-17H2,1H3. The van der Waals surface area contributed by atoms with Crippen LogP contribution in [0.15, 0.2) is 18.2 Å². The fourth-order valence-corrected chi connectivity index (χ4v) is 5.60. The minimum absolute atomic E-state index is 0.0328. The Hall–Kier alpha value is -3.47. The molecule has 1 aromatic carbocycles. The van der Waals surface area contributed by atoms with Crippen molar-refractivity contribution in [2.45, 2.75) is 51.7 Å². The molecule has 0 saturated carbocycles. The zero-order valence-electron chi connectivity index (χ0n) is 21.7. The summed E-state index contributed by atoms with van der Waals surface area (Å²) in [5.74, 6) is -0.153. The van der Waals surface area contributed by atoms with Crippen LogP contribution in [0, 0.1) is 12.7 Å². The number of rotatable bonds is 6. The highest BCUT2D eigenvalue weighted by Gasteiger charge is 2.33. The maximum atomic E-state index is 13.4. The molecule has 5 rings (SSSR count). The lowest BCUT2D eigenvalue weighted by Gasteiger charge is -2.34. The van der Waals surface area contributed by atoms with E-state index in [-0.39, 0.29) is 36.2 Å². The number of aryl methyl sites for hydroxylation is 1. The summed E-state index contributed by atoms with van der Waals surface area (Å²) in [5.41, 5.74) is 3.05. The smallest absolute Gasteiger partial charge is 0.274 e. The minimum atomic E-state index is -0.529. The van der Waals surface area contributed by atoms with Crippen molar-refractivity contribution < 1.29 is 28.6 Å². The summed E-state index contributed by atoms with van der Waals surface area (Å²) in [6, 6.07) is 4.49. The number of nitrogens with zero attached hydrogens (tertiary/aromatic N) is 5. The molecule has 38 heavy (non-hydrogen) atoms. The lowest BCUT2D eigenvalue weighted by molar-refractivity contribution is -0.135. The van der Waals surface area contributed by atoms with E-state index in [1.165, 1.54) is 12.1 Å². The molecule has 1 aromatic heterocycles. The molecule has 2 saturated heterocycles. The van der Waals surface area contributed by atoms with E-state index in [0.29, 0.717) is 63.6 Å². The molecule has 1 N–H and O–H groups in total. The van der Waals surface area contributed by atoms with Crippen molar-refractivity contribution in [3.8, 4) is 5.75 Å². The Morgan fingerprint density at radius 1 is 1.00 bits per heavy atom. The molecule has 0 spiro atoms. The number of amides is 3. The molecule has 10 nitrogen and oxygen atoms in total. The third-order valence-electron chi connectivity index (χ3n) is 7.77. The van der Waals surface area contributed by atoms with Crippen molar-refractivity contribution in [2.75, 3.05) is 45.9 Å². The second kappa shape index (κ2) is 11.1. The number of aliphatic hydroxyl groups is 1. The highest BCUT2D eigenvalue weighted by atomic mass is 19.1. The second-order valence-electron chi connectivity index (χ2n) is 10.2. The van der Waals surface area contributed by atoms with E-state index in [2.05, 4.69) is 5.10 Å². The number of hydrogen-bond acceptors (Lipinski definition) is 6. The van der Waals surface area contributed by atoms with Gasteiger partial charge in [0.05, 0.1) is 0 Å². The molecule has 11 heteroatoms. The predicted octanol–water partition coefficient (Wildman–Crippen LogP) is 1.17. The molecule has 3 aliphatic rings. The number of piperazine rings is 1. The molecule has 2 aromatic rings. The quantitative estimate of drug-likeness (QED) is 0.604. The number of aliphatic hydroxyl groups excluding tert-OH is 1. The Kier molecular flexibility index (Phi) is 7.64. The van der Waals surface area contributed by atoms with Crippen LogP contribution in [0.1, 0.15) is 46.6 Å². The van der Waals surface area contributed by atoms with Crippen molar-refractivity contribution in [1.82, 2.24) is 24.5 Å². The summed E-state index contributed by atoms with van der Waals surface area (Å²) in [5, 5.41) is 13.7. The number of ether oxygens (including phenoxy) is 1. The lowest BCUT2D eigenvalue weighted by Crippen LogP contribution is -2.51. The molecular formula is C27H34FN5O5. The van der Waals surface area contributed by atoms with Gasteiger partial charge in [0.1, 0.15) is 30.8 Å². The van der Waals surface area contributed by atoms with E-state index in [1.807, 2.05) is 11.8 Å². The maximum Gasteiger partial charge on any atom is 0.274 e. The molecular weight excluding hydrogens is 493 g/mol. The first-order chi connectivity index (χ1) is 18.3. The average Bonchev–Trinajstić information content (AvgIpc) is 3.54. The van der Waals surface area contributed by atoms with Crippen LogP contribution in [-0.2, 0) is 29.0 Å². The van der Waals surface area contributed by atoms with Crippen LogP contribution in [0.5, 0.6) is 5.75 Å². The molecule has 3 amide bonds. The summed E-state index contributed by atoms with van der Waals surface area (Å²) in [6.07, 6.45) is 3.82. The predicted molar refractivity (Wildman–Crippen MR) is 135 cm³/mol. The monoisotopic (exact) mass is 527 g/mol. The van der Waals surface area contributed by atoms with Gasteiger partial charge < -0.3 is 24.5 Å². The number of carbonyl (C=O) groups excluding carboxylic acids is 3. The first-order valence-electron chi connectivity index (χ1n) is 13.3. The lowest BCUT2D eigenvalue weighted by atomic mass is 10.1. The topological polar surface area (TPSA) is 108 Å². The van der Waals surface area contributed by atoms with E-state index < -0.39 is 6.61 Å². The second-order valence-corrected chi connectivity index (χ2v) is 10.2. The van der Waals surface area contributed by atoms with Gasteiger partial charge in [0, 0.05) is 63.4 Å². The Morgan fingerprint density at radius 3 is 2.37 bits per heavy atom. The van der Waals surface area contributed by atoms with Crippen LogP contribution >= 0.6 is 0 Å². The first kappa shape index (κ1) is 26.1. The zero-order chi connectivity index (χ0) is 26.8. The third kappa shape index (κ3) is 5.38. The zero-order valence-corrected chi connectivity index (χ0v) is 21.7. The molecule has 0 atom stereocenters. The molecule has 2 fully saturated rings. The normalized spacial score (nSPS) is 18.0. The van der Waals surface area contributed by atoms with Crippen LogP contribution in [0.2, 0.25) is 0 Å². The van der Waals surface area contributed by atoms with Gasteiger partial charge in [-0.2, -0.15) is 5.10 Å². The maximum absolute atomic E-state index is 13.4. The number of piperidine rings is 1. The van der Waals surface area contributed by atoms with Crippen molar-refractivity contribution in [1.29, 1.82) is 0 Å². The van der Waals surface area contributed by atoms with E-state index in [9.17, 15) is 18.8 Å². The fraction of sp³-hybridized carbons (Fsp3) is 0.556. The third-order valence-corrected chi connectivity index (χ3v) is 7.77. The Bertz CT molecular complexity index is 1210. The van der Waals surface area contributed by atoms with Crippen molar-refractivity contribution in [2.24, 2.45) is 0 Å². The van der Waals surface area contributed by atoms with Crippen LogP contribution < -0.4 is 4.74 Å². The Balaban J connectivity index is 1.18. The Labute approximate surface area is 220 Å². The van der Waals surface area contributed by atoms with Crippen LogP contribution in [0.25, 0.3) is 0 Å².